The Morgan fingerprint density at radius 2 is 1.71 bits per heavy atom. The van der Waals surface area contributed by atoms with E-state index in [-0.39, 0.29) is 17.9 Å². The highest BCUT2D eigenvalue weighted by Gasteiger charge is 2.68. The molecule has 1 aromatic carbocycles. The van der Waals surface area contributed by atoms with Crippen molar-refractivity contribution in [3.8, 4) is 0 Å². The predicted molar refractivity (Wildman–Crippen MR) is 89.1 cm³/mol. The molecular weight excluding hydrogens is 334 g/mol. The molecule has 0 aliphatic carbocycles. The minimum Gasteiger partial charge on any atom is -0.465 e. The average molecular weight is 357 g/mol. The van der Waals surface area contributed by atoms with Gasteiger partial charge in [-0.25, -0.2) is 8.42 Å². The van der Waals surface area contributed by atoms with Gasteiger partial charge >= 0.3 is 5.97 Å². The van der Waals surface area contributed by atoms with Gasteiger partial charge in [-0.3, -0.25) is 14.9 Å². The molecule has 1 unspecified atom stereocenters. The quantitative estimate of drug-likeness (QED) is 0.422. The summed E-state index contributed by atoms with van der Waals surface area (Å²) in [5.74, 6) is -1.10. The first kappa shape index (κ1) is 20.1. The third-order valence-electron chi connectivity index (χ3n) is 4.34. The molecule has 1 atom stereocenters. The Morgan fingerprint density at radius 1 is 1.21 bits per heavy atom. The minimum atomic E-state index is -4.37. The summed E-state index contributed by atoms with van der Waals surface area (Å²) in [5.41, 5.74) is -1.24. The number of hydrogen-bond donors (Lipinski definition) is 0. The lowest BCUT2D eigenvalue weighted by molar-refractivity contribution is -0.565. The van der Waals surface area contributed by atoms with E-state index in [4.69, 9.17) is 4.74 Å². The van der Waals surface area contributed by atoms with Gasteiger partial charge in [0.25, 0.3) is 0 Å². The summed E-state index contributed by atoms with van der Waals surface area (Å²) in [6.45, 7) is 6.95. The van der Waals surface area contributed by atoms with Gasteiger partial charge in [-0.15, -0.1) is 0 Å². The number of benzene rings is 1. The molecule has 0 bridgehead atoms. The molecule has 24 heavy (non-hydrogen) atoms. The highest BCUT2D eigenvalue weighted by Crippen LogP contribution is 2.41. The first-order valence-corrected chi connectivity index (χ1v) is 9.10. The molecule has 1 aromatic rings. The number of nitrogens with zero attached hydrogens (tertiary/aromatic N) is 1. The number of hydrogen-bond acceptors (Lipinski definition) is 6. The van der Waals surface area contributed by atoms with Crippen molar-refractivity contribution < 1.29 is 22.9 Å². The van der Waals surface area contributed by atoms with Crippen LogP contribution in [-0.4, -0.2) is 36.2 Å². The summed E-state index contributed by atoms with van der Waals surface area (Å²) < 4.78 is 29.1. The fourth-order valence-electron chi connectivity index (χ4n) is 2.77. The molecule has 1 rings (SSSR count). The largest absolute Gasteiger partial charge is 0.465 e. The maximum Gasteiger partial charge on any atom is 0.335 e. The lowest BCUT2D eigenvalue weighted by Gasteiger charge is -2.36. The third-order valence-corrected chi connectivity index (χ3v) is 7.10. The molecule has 7 nitrogen and oxygen atoms in total. The van der Waals surface area contributed by atoms with Gasteiger partial charge in [-0.05, 0) is 32.4 Å². The van der Waals surface area contributed by atoms with E-state index in [2.05, 4.69) is 0 Å². The molecule has 0 radical (unpaired) electrons. The number of nitro groups is 1. The zero-order valence-corrected chi connectivity index (χ0v) is 15.3. The summed E-state index contributed by atoms with van der Waals surface area (Å²) in [7, 11) is -4.37. The second-order valence-electron chi connectivity index (χ2n) is 6.03. The fourth-order valence-corrected chi connectivity index (χ4v) is 5.06. The van der Waals surface area contributed by atoms with Crippen molar-refractivity contribution in [1.82, 2.24) is 0 Å². The number of carbonyl (C=O) groups excluding carboxylic acids is 1. The lowest BCUT2D eigenvalue weighted by Crippen LogP contribution is -2.64. The van der Waals surface area contributed by atoms with Crippen molar-refractivity contribution in [2.45, 2.75) is 56.2 Å². The van der Waals surface area contributed by atoms with Crippen LogP contribution in [0.4, 0.5) is 0 Å². The van der Waals surface area contributed by atoms with Crippen LogP contribution in [0.5, 0.6) is 0 Å². The second kappa shape index (κ2) is 6.88. The van der Waals surface area contributed by atoms with Crippen LogP contribution in [0.25, 0.3) is 0 Å². The van der Waals surface area contributed by atoms with E-state index >= 15 is 0 Å². The summed E-state index contributed by atoms with van der Waals surface area (Å²) in [4.78, 5) is 23.4. The average Bonchev–Trinajstić information content (AvgIpc) is 2.48. The fraction of sp³-hybridized carbons (Fsp3) is 0.562. The van der Waals surface area contributed by atoms with E-state index in [0.717, 1.165) is 19.4 Å². The van der Waals surface area contributed by atoms with Gasteiger partial charge in [0, 0.05) is 18.8 Å². The van der Waals surface area contributed by atoms with E-state index < -0.39 is 31.0 Å². The number of sulfone groups is 1. The normalized spacial score (nSPS) is 14.7. The smallest absolute Gasteiger partial charge is 0.335 e. The summed E-state index contributed by atoms with van der Waals surface area (Å²) >= 11 is 0. The van der Waals surface area contributed by atoms with Gasteiger partial charge in [0.2, 0.25) is 20.1 Å². The summed E-state index contributed by atoms with van der Waals surface area (Å²) in [5, 5.41) is 11.6. The second-order valence-corrected chi connectivity index (χ2v) is 8.21. The molecule has 0 spiro atoms. The minimum absolute atomic E-state index is 0.0716. The molecule has 0 saturated heterocycles. The van der Waals surface area contributed by atoms with Crippen LogP contribution in [0.2, 0.25) is 0 Å². The van der Waals surface area contributed by atoms with Crippen molar-refractivity contribution in [2.75, 3.05) is 6.61 Å². The number of aryl methyl sites for hydroxylation is 1. The van der Waals surface area contributed by atoms with E-state index in [9.17, 15) is 23.3 Å². The molecule has 0 N–H and O–H groups in total. The Bertz CT molecular complexity index is 723. The van der Waals surface area contributed by atoms with Crippen molar-refractivity contribution >= 4 is 15.8 Å². The Morgan fingerprint density at radius 3 is 2.08 bits per heavy atom. The predicted octanol–water partition coefficient (Wildman–Crippen LogP) is 2.54. The monoisotopic (exact) mass is 357 g/mol. The maximum absolute atomic E-state index is 13.3. The molecule has 134 valence electrons. The van der Waals surface area contributed by atoms with Crippen LogP contribution in [-0.2, 0) is 19.4 Å². The number of ether oxygens (including phenoxy) is 1. The Hall–Kier alpha value is -1.96. The first-order valence-electron chi connectivity index (χ1n) is 7.62. The molecular formula is C16H23NO6S. The first-order chi connectivity index (χ1) is 11.0. The Balaban J connectivity index is 3.78. The Kier molecular flexibility index (Phi) is 5.76. The van der Waals surface area contributed by atoms with E-state index in [1.807, 2.05) is 0 Å². The number of rotatable bonds is 7. The number of carbonyl (C=O) groups is 1. The van der Waals surface area contributed by atoms with Crippen LogP contribution in [0.1, 0.15) is 39.7 Å². The van der Waals surface area contributed by atoms with Gasteiger partial charge in [0.15, 0.2) is 0 Å². The topological polar surface area (TPSA) is 104 Å². The van der Waals surface area contributed by atoms with Crippen molar-refractivity contribution in [1.29, 1.82) is 0 Å². The molecule has 0 aliphatic heterocycles. The third kappa shape index (κ3) is 2.90. The number of esters is 1. The standard InChI is InChI=1S/C16H23NO6S/c1-6-16(14(18)23-7-2,15(4,5)17(19)20)24(21,22)13-10-8-12(3)9-11-13/h8-11H,6-7H2,1-5H3. The maximum atomic E-state index is 13.3. The highest BCUT2D eigenvalue weighted by atomic mass is 32.2. The van der Waals surface area contributed by atoms with E-state index in [1.165, 1.54) is 26.0 Å². The van der Waals surface area contributed by atoms with Crippen LogP contribution < -0.4 is 0 Å². The molecule has 0 heterocycles. The van der Waals surface area contributed by atoms with Gasteiger partial charge in [-0.1, -0.05) is 24.6 Å². The highest BCUT2D eigenvalue weighted by molar-refractivity contribution is 7.93. The summed E-state index contributed by atoms with van der Waals surface area (Å²) in [6.07, 6.45) is -0.282. The molecule has 0 saturated carbocycles. The Labute approximate surface area is 142 Å². The van der Waals surface area contributed by atoms with Crippen LogP contribution in [0.3, 0.4) is 0 Å². The van der Waals surface area contributed by atoms with Crippen molar-refractivity contribution in [3.05, 3.63) is 39.9 Å². The van der Waals surface area contributed by atoms with Crippen molar-refractivity contribution in [2.24, 2.45) is 0 Å². The zero-order valence-electron chi connectivity index (χ0n) is 14.5. The lowest BCUT2D eigenvalue weighted by atomic mass is 9.84. The van der Waals surface area contributed by atoms with E-state index in [0.29, 0.717) is 0 Å². The van der Waals surface area contributed by atoms with Crippen molar-refractivity contribution in [3.63, 3.8) is 0 Å². The summed E-state index contributed by atoms with van der Waals surface area (Å²) in [6, 6.07) is 5.86. The molecule has 0 fully saturated rings. The van der Waals surface area contributed by atoms with Crippen LogP contribution >= 0.6 is 0 Å². The van der Waals surface area contributed by atoms with E-state index in [1.54, 1.807) is 19.1 Å². The molecule has 0 amide bonds. The molecule has 0 aliphatic rings. The SMILES string of the molecule is CCOC(=O)C(CC)(C(C)(C)[N+](=O)[O-])S(=O)(=O)c1ccc(C)cc1. The van der Waals surface area contributed by atoms with Crippen LogP contribution in [0.15, 0.2) is 29.2 Å². The van der Waals surface area contributed by atoms with Gasteiger partial charge in [0.1, 0.15) is 0 Å². The van der Waals surface area contributed by atoms with Crippen LogP contribution in [0, 0.1) is 17.0 Å². The zero-order chi connectivity index (χ0) is 18.8. The van der Waals surface area contributed by atoms with Gasteiger partial charge in [-0.2, -0.15) is 0 Å². The van der Waals surface area contributed by atoms with Gasteiger partial charge in [0.05, 0.1) is 11.5 Å². The molecule has 8 heteroatoms. The van der Waals surface area contributed by atoms with Gasteiger partial charge < -0.3 is 4.74 Å². The molecule has 0 aromatic heterocycles.